The number of phenols is 1. The van der Waals surface area contributed by atoms with Crippen molar-refractivity contribution in [3.05, 3.63) is 40.2 Å². The van der Waals surface area contributed by atoms with Gasteiger partial charge in [0.1, 0.15) is 11.3 Å². The first kappa shape index (κ1) is 17.1. The van der Waals surface area contributed by atoms with Crippen LogP contribution in [-0.4, -0.2) is 17.6 Å². The molecule has 2 N–H and O–H groups in total. The van der Waals surface area contributed by atoms with Crippen molar-refractivity contribution in [2.45, 2.75) is 45.4 Å². The van der Waals surface area contributed by atoms with Crippen molar-refractivity contribution >= 4 is 16.9 Å². The summed E-state index contributed by atoms with van der Waals surface area (Å²) in [6, 6.07) is 5.42. The van der Waals surface area contributed by atoms with Gasteiger partial charge in [-0.25, -0.2) is 0 Å². The van der Waals surface area contributed by atoms with Gasteiger partial charge in [0.2, 0.25) is 0 Å². The summed E-state index contributed by atoms with van der Waals surface area (Å²) in [5.41, 5.74) is -0.0850. The Morgan fingerprint density at radius 1 is 1.13 bits per heavy atom. The minimum Gasteiger partial charge on any atom is -0.508 e. The number of nitrogens with one attached hydrogen (secondary N) is 1. The number of carbonyl (C=O) groups excluding carboxylic acids is 1. The zero-order valence-corrected chi connectivity index (χ0v) is 13.4. The minimum atomic E-state index is -0.402. The van der Waals surface area contributed by atoms with E-state index >= 15 is 0 Å². The van der Waals surface area contributed by atoms with Crippen LogP contribution in [0.3, 0.4) is 0 Å². The topological polar surface area (TPSA) is 79.5 Å². The first-order chi connectivity index (χ1) is 11.1. The van der Waals surface area contributed by atoms with Crippen LogP contribution in [0.1, 0.15) is 56.0 Å². The monoisotopic (exact) mass is 317 g/mol. The lowest BCUT2D eigenvalue weighted by atomic mass is 10.1. The standard InChI is InChI=1S/C18H23NO4/c1-2-3-4-5-6-7-10-19-18(22)17-12-15(21)14-9-8-13(20)11-16(14)23-17/h8-9,11-12,20H,2-7,10H2,1H3,(H,19,22). The van der Waals surface area contributed by atoms with Crippen molar-refractivity contribution < 1.29 is 14.3 Å². The molecule has 5 heteroatoms. The molecule has 0 saturated carbocycles. The van der Waals surface area contributed by atoms with Crippen molar-refractivity contribution in [1.29, 1.82) is 0 Å². The molecule has 2 aromatic rings. The Balaban J connectivity index is 1.92. The van der Waals surface area contributed by atoms with E-state index in [1.54, 1.807) is 0 Å². The second-order valence-electron chi connectivity index (χ2n) is 5.68. The highest BCUT2D eigenvalue weighted by Gasteiger charge is 2.12. The van der Waals surface area contributed by atoms with Crippen LogP contribution >= 0.6 is 0 Å². The average Bonchev–Trinajstić information content (AvgIpc) is 2.53. The highest BCUT2D eigenvalue weighted by atomic mass is 16.3. The number of aromatic hydroxyl groups is 1. The van der Waals surface area contributed by atoms with Gasteiger partial charge in [0.15, 0.2) is 11.2 Å². The molecule has 1 aromatic heterocycles. The summed E-state index contributed by atoms with van der Waals surface area (Å²) in [7, 11) is 0. The van der Waals surface area contributed by atoms with Crippen molar-refractivity contribution in [3.8, 4) is 5.75 Å². The van der Waals surface area contributed by atoms with Gasteiger partial charge in [0.25, 0.3) is 5.91 Å². The number of hydrogen-bond acceptors (Lipinski definition) is 4. The third-order valence-electron chi connectivity index (χ3n) is 3.75. The lowest BCUT2D eigenvalue weighted by molar-refractivity contribution is 0.0925. The Morgan fingerprint density at radius 3 is 2.65 bits per heavy atom. The van der Waals surface area contributed by atoms with Gasteiger partial charge in [-0.1, -0.05) is 39.0 Å². The van der Waals surface area contributed by atoms with Crippen LogP contribution in [0.5, 0.6) is 5.75 Å². The number of amides is 1. The largest absolute Gasteiger partial charge is 0.508 e. The molecule has 0 fully saturated rings. The predicted octanol–water partition coefficient (Wildman–Crippen LogP) is 3.59. The van der Waals surface area contributed by atoms with E-state index in [1.807, 2.05) is 0 Å². The lowest BCUT2D eigenvalue weighted by Crippen LogP contribution is -2.25. The summed E-state index contributed by atoms with van der Waals surface area (Å²) in [6.07, 6.45) is 6.86. The Kier molecular flexibility index (Phi) is 6.20. The summed E-state index contributed by atoms with van der Waals surface area (Å²) >= 11 is 0. The first-order valence-corrected chi connectivity index (χ1v) is 8.17. The number of fused-ring (bicyclic) bond motifs is 1. The van der Waals surface area contributed by atoms with Gasteiger partial charge in [0.05, 0.1) is 5.39 Å². The van der Waals surface area contributed by atoms with Gasteiger partial charge in [-0.3, -0.25) is 9.59 Å². The molecule has 0 saturated heterocycles. The number of hydrogen-bond donors (Lipinski definition) is 2. The van der Waals surface area contributed by atoms with Crippen molar-refractivity contribution in [1.82, 2.24) is 5.32 Å². The fourth-order valence-electron chi connectivity index (χ4n) is 2.45. The van der Waals surface area contributed by atoms with Crippen LogP contribution in [0.2, 0.25) is 0 Å². The molecular formula is C18H23NO4. The van der Waals surface area contributed by atoms with Crippen LogP contribution in [0.25, 0.3) is 11.0 Å². The molecule has 0 aliphatic heterocycles. The van der Waals surface area contributed by atoms with Gasteiger partial charge in [0, 0.05) is 18.7 Å². The molecule has 1 amide bonds. The lowest BCUT2D eigenvalue weighted by Gasteiger charge is -2.06. The number of phenolic OH excluding ortho intramolecular Hbond substituents is 1. The van der Waals surface area contributed by atoms with Crippen molar-refractivity contribution in [3.63, 3.8) is 0 Å². The third-order valence-corrected chi connectivity index (χ3v) is 3.75. The highest BCUT2D eigenvalue weighted by molar-refractivity contribution is 5.93. The molecule has 0 unspecified atom stereocenters. The van der Waals surface area contributed by atoms with Crippen LogP contribution in [0.15, 0.2) is 33.5 Å². The number of carbonyl (C=O) groups is 1. The zero-order valence-electron chi connectivity index (χ0n) is 13.4. The molecule has 124 valence electrons. The van der Waals surface area contributed by atoms with Gasteiger partial charge in [-0.05, 0) is 18.6 Å². The summed E-state index contributed by atoms with van der Waals surface area (Å²) in [6.45, 7) is 2.74. The smallest absolute Gasteiger partial charge is 0.287 e. The van der Waals surface area contributed by atoms with E-state index in [-0.39, 0.29) is 22.5 Å². The van der Waals surface area contributed by atoms with Crippen LogP contribution < -0.4 is 10.7 Å². The summed E-state index contributed by atoms with van der Waals surface area (Å²) < 4.78 is 5.42. The summed E-state index contributed by atoms with van der Waals surface area (Å²) in [4.78, 5) is 24.0. The molecule has 0 aliphatic carbocycles. The fraction of sp³-hybridized carbons (Fsp3) is 0.444. The normalized spacial score (nSPS) is 10.8. The summed E-state index contributed by atoms with van der Waals surface area (Å²) in [5, 5.41) is 12.6. The maximum Gasteiger partial charge on any atom is 0.287 e. The molecule has 0 spiro atoms. The number of rotatable bonds is 8. The van der Waals surface area contributed by atoms with Crippen molar-refractivity contribution in [2.24, 2.45) is 0 Å². The molecule has 0 radical (unpaired) electrons. The maximum absolute atomic E-state index is 12.1. The Morgan fingerprint density at radius 2 is 1.87 bits per heavy atom. The van der Waals surface area contributed by atoms with E-state index in [0.29, 0.717) is 11.9 Å². The van der Waals surface area contributed by atoms with Crippen LogP contribution in [0, 0.1) is 0 Å². The SMILES string of the molecule is CCCCCCCCNC(=O)c1cc(=O)c2ccc(O)cc2o1. The second-order valence-corrected chi connectivity index (χ2v) is 5.68. The fourth-order valence-corrected chi connectivity index (χ4v) is 2.45. The van der Waals surface area contributed by atoms with E-state index < -0.39 is 5.91 Å². The zero-order chi connectivity index (χ0) is 16.7. The van der Waals surface area contributed by atoms with Gasteiger partial charge < -0.3 is 14.8 Å². The van der Waals surface area contributed by atoms with E-state index in [9.17, 15) is 14.7 Å². The summed E-state index contributed by atoms with van der Waals surface area (Å²) in [5.74, 6) is -0.440. The molecule has 0 atom stereocenters. The molecule has 5 nitrogen and oxygen atoms in total. The van der Waals surface area contributed by atoms with Gasteiger partial charge >= 0.3 is 0 Å². The molecule has 23 heavy (non-hydrogen) atoms. The number of unbranched alkanes of at least 4 members (excludes halogenated alkanes) is 5. The maximum atomic E-state index is 12.1. The molecule has 1 aromatic carbocycles. The van der Waals surface area contributed by atoms with Gasteiger partial charge in [-0.15, -0.1) is 0 Å². The first-order valence-electron chi connectivity index (χ1n) is 8.17. The highest BCUT2D eigenvalue weighted by Crippen LogP contribution is 2.18. The van der Waals surface area contributed by atoms with E-state index in [0.717, 1.165) is 12.8 Å². The van der Waals surface area contributed by atoms with E-state index in [4.69, 9.17) is 4.42 Å². The third kappa shape index (κ3) is 4.84. The second kappa shape index (κ2) is 8.36. The molecule has 0 bridgehead atoms. The van der Waals surface area contributed by atoms with Crippen LogP contribution in [-0.2, 0) is 0 Å². The molecular weight excluding hydrogens is 294 g/mol. The van der Waals surface area contributed by atoms with Crippen LogP contribution in [0.4, 0.5) is 0 Å². The Labute approximate surface area is 135 Å². The predicted molar refractivity (Wildman–Crippen MR) is 89.9 cm³/mol. The van der Waals surface area contributed by atoms with Crippen molar-refractivity contribution in [2.75, 3.05) is 6.54 Å². The Hall–Kier alpha value is -2.30. The molecule has 0 aliphatic rings. The number of benzene rings is 1. The van der Waals surface area contributed by atoms with Gasteiger partial charge in [-0.2, -0.15) is 0 Å². The molecule has 1 heterocycles. The molecule has 2 rings (SSSR count). The average molecular weight is 317 g/mol. The van der Waals surface area contributed by atoms with E-state index in [2.05, 4.69) is 12.2 Å². The van der Waals surface area contributed by atoms with E-state index in [1.165, 1.54) is 49.9 Å². The Bertz CT molecular complexity index is 721. The quantitative estimate of drug-likeness (QED) is 0.729. The minimum absolute atomic E-state index is 0.00899.